The van der Waals surface area contributed by atoms with Crippen LogP contribution in [0.5, 0.6) is 28.7 Å². The number of aromatic hydroxyl groups is 4. The lowest BCUT2D eigenvalue weighted by Gasteiger charge is -2.24. The summed E-state index contributed by atoms with van der Waals surface area (Å²) in [5.74, 6) is -4.90. The summed E-state index contributed by atoms with van der Waals surface area (Å²) in [6.45, 7) is 0. The van der Waals surface area contributed by atoms with Gasteiger partial charge in [0, 0.05) is 22.8 Å². The fourth-order valence-corrected chi connectivity index (χ4v) is 4.79. The molecule has 0 saturated carbocycles. The molecule has 11 nitrogen and oxygen atoms in total. The number of carboxylic acids is 1. The van der Waals surface area contributed by atoms with Crippen molar-refractivity contribution in [3.63, 3.8) is 0 Å². The molecular formula is C29H18O11. The van der Waals surface area contributed by atoms with E-state index in [-0.39, 0.29) is 51.4 Å². The van der Waals surface area contributed by atoms with Gasteiger partial charge >= 0.3 is 11.9 Å². The average molecular weight is 542 g/mol. The number of hydrogen-bond acceptors (Lipinski definition) is 10. The number of carbonyl (C=O) groups excluding carboxylic acids is 1. The molecule has 11 heteroatoms. The summed E-state index contributed by atoms with van der Waals surface area (Å²) in [7, 11) is 0. The molecule has 3 aromatic carbocycles. The normalized spacial score (nSPS) is 14.6. The first-order chi connectivity index (χ1) is 19.1. The number of carbonyl (C=O) groups is 2. The largest absolute Gasteiger partial charge is 0.507 e. The van der Waals surface area contributed by atoms with Crippen molar-refractivity contribution in [1.82, 2.24) is 0 Å². The minimum Gasteiger partial charge on any atom is -0.507 e. The number of phenols is 3. The summed E-state index contributed by atoms with van der Waals surface area (Å²) >= 11 is 0. The third kappa shape index (κ3) is 3.88. The Labute approximate surface area is 223 Å². The molecule has 0 radical (unpaired) electrons. The predicted octanol–water partition coefficient (Wildman–Crippen LogP) is 4.68. The molecule has 0 unspecified atom stereocenters. The highest BCUT2D eigenvalue weighted by atomic mass is 16.5. The van der Waals surface area contributed by atoms with Crippen LogP contribution in [0.25, 0.3) is 33.6 Å². The van der Waals surface area contributed by atoms with Gasteiger partial charge in [-0.2, -0.15) is 0 Å². The summed E-state index contributed by atoms with van der Waals surface area (Å²) < 4.78 is 17.3. The number of furan rings is 1. The van der Waals surface area contributed by atoms with E-state index in [9.17, 15) is 39.9 Å². The standard InChI is InChI=1S/C29H18O11/c30-16-5-4-13(9-17(16)31)27-26(35)25(34)24-18(32)11-21-23(28(24)40-27)15(10-22(33)39-21)20-7-6-19(38-20)12-2-1-3-14(8-12)29(36)37/h1-9,11,15,30-32,35H,10H2,(H,36,37)/t15-/m0/s1. The van der Waals surface area contributed by atoms with Crippen LogP contribution >= 0.6 is 0 Å². The average Bonchev–Trinajstić information content (AvgIpc) is 3.42. The molecule has 0 saturated heterocycles. The highest BCUT2D eigenvalue weighted by molar-refractivity contribution is 5.94. The molecule has 1 atom stereocenters. The van der Waals surface area contributed by atoms with Crippen molar-refractivity contribution in [3.8, 4) is 51.4 Å². The van der Waals surface area contributed by atoms with Gasteiger partial charge in [-0.05, 0) is 42.5 Å². The van der Waals surface area contributed by atoms with Gasteiger partial charge in [-0.3, -0.25) is 9.59 Å². The Morgan fingerprint density at radius 3 is 2.38 bits per heavy atom. The van der Waals surface area contributed by atoms with Crippen LogP contribution < -0.4 is 10.2 Å². The molecule has 0 fully saturated rings. The number of rotatable bonds is 4. The van der Waals surface area contributed by atoms with Crippen molar-refractivity contribution in [2.45, 2.75) is 12.3 Å². The van der Waals surface area contributed by atoms with E-state index >= 15 is 0 Å². The van der Waals surface area contributed by atoms with Gasteiger partial charge in [-0.15, -0.1) is 0 Å². The highest BCUT2D eigenvalue weighted by Crippen LogP contribution is 2.48. The zero-order chi connectivity index (χ0) is 28.3. The van der Waals surface area contributed by atoms with E-state index < -0.39 is 46.3 Å². The third-order valence-electron chi connectivity index (χ3n) is 6.67. The number of fused-ring (bicyclic) bond motifs is 3. The summed E-state index contributed by atoms with van der Waals surface area (Å²) in [5, 5.41) is 49.8. The van der Waals surface area contributed by atoms with Crippen LogP contribution in [0.4, 0.5) is 0 Å². The summed E-state index contributed by atoms with van der Waals surface area (Å²) in [6.07, 6.45) is -0.227. The number of ether oxygens (including phenoxy) is 1. The van der Waals surface area contributed by atoms with E-state index in [1.54, 1.807) is 24.3 Å². The van der Waals surface area contributed by atoms with E-state index in [2.05, 4.69) is 0 Å². The Morgan fingerprint density at radius 2 is 1.62 bits per heavy atom. The first-order valence-electron chi connectivity index (χ1n) is 11.8. The maximum atomic E-state index is 13.2. The Hall–Kier alpha value is -5.71. The Morgan fingerprint density at radius 1 is 0.825 bits per heavy atom. The van der Waals surface area contributed by atoms with Gasteiger partial charge in [0.05, 0.1) is 17.9 Å². The van der Waals surface area contributed by atoms with Crippen LogP contribution in [-0.2, 0) is 4.79 Å². The lowest BCUT2D eigenvalue weighted by atomic mass is 9.88. The maximum absolute atomic E-state index is 13.2. The first kappa shape index (κ1) is 24.6. The molecular weight excluding hydrogens is 524 g/mol. The van der Waals surface area contributed by atoms with Crippen LogP contribution in [0, 0.1) is 0 Å². The molecule has 40 heavy (non-hydrogen) atoms. The minimum atomic E-state index is -1.11. The molecule has 5 N–H and O–H groups in total. The van der Waals surface area contributed by atoms with Crippen molar-refractivity contribution in [2.75, 3.05) is 0 Å². The van der Waals surface area contributed by atoms with Gasteiger partial charge in [0.25, 0.3) is 0 Å². The zero-order valence-electron chi connectivity index (χ0n) is 20.2. The predicted molar refractivity (Wildman–Crippen MR) is 138 cm³/mol. The molecule has 5 aromatic rings. The van der Waals surface area contributed by atoms with Crippen molar-refractivity contribution >= 4 is 22.9 Å². The Balaban J connectivity index is 1.56. The number of esters is 1. The molecule has 6 rings (SSSR count). The third-order valence-corrected chi connectivity index (χ3v) is 6.67. The zero-order valence-corrected chi connectivity index (χ0v) is 20.2. The fraction of sp³-hybridized carbons (Fsp3) is 0.0690. The minimum absolute atomic E-state index is 0.0480. The van der Waals surface area contributed by atoms with Gasteiger partial charge in [0.2, 0.25) is 11.2 Å². The molecule has 3 heterocycles. The molecule has 1 aliphatic heterocycles. The molecule has 0 amide bonds. The lowest BCUT2D eigenvalue weighted by Crippen LogP contribution is -2.21. The van der Waals surface area contributed by atoms with Crippen LogP contribution in [-0.4, -0.2) is 37.5 Å². The number of benzene rings is 3. The second-order valence-corrected chi connectivity index (χ2v) is 9.14. The van der Waals surface area contributed by atoms with Crippen molar-refractivity contribution in [2.24, 2.45) is 0 Å². The van der Waals surface area contributed by atoms with Gasteiger partial charge < -0.3 is 39.1 Å². The van der Waals surface area contributed by atoms with Gasteiger partial charge in [0.1, 0.15) is 34.0 Å². The quantitative estimate of drug-likeness (QED) is 0.120. The van der Waals surface area contributed by atoms with Crippen molar-refractivity contribution < 1.29 is 48.7 Å². The topological polar surface area (TPSA) is 188 Å². The molecule has 1 aliphatic rings. The second kappa shape index (κ2) is 8.95. The number of aromatic carboxylic acids is 1. The molecule has 200 valence electrons. The molecule has 0 spiro atoms. The monoisotopic (exact) mass is 542 g/mol. The van der Waals surface area contributed by atoms with E-state index in [1.807, 2.05) is 0 Å². The summed E-state index contributed by atoms with van der Waals surface area (Å²) in [5.41, 5.74) is -0.404. The number of hydrogen-bond donors (Lipinski definition) is 5. The van der Waals surface area contributed by atoms with Crippen LogP contribution in [0.2, 0.25) is 0 Å². The first-order valence-corrected chi connectivity index (χ1v) is 11.8. The summed E-state index contributed by atoms with van der Waals surface area (Å²) in [4.78, 5) is 37.1. The molecule has 0 bridgehead atoms. The van der Waals surface area contributed by atoms with E-state index in [0.29, 0.717) is 11.3 Å². The van der Waals surface area contributed by atoms with Gasteiger partial charge in [-0.25, -0.2) is 4.79 Å². The van der Waals surface area contributed by atoms with Crippen LogP contribution in [0.1, 0.15) is 34.0 Å². The fourth-order valence-electron chi connectivity index (χ4n) is 4.79. The van der Waals surface area contributed by atoms with Gasteiger partial charge in [0.15, 0.2) is 17.3 Å². The maximum Gasteiger partial charge on any atom is 0.335 e. The van der Waals surface area contributed by atoms with Crippen molar-refractivity contribution in [1.29, 1.82) is 0 Å². The molecule has 2 aromatic heterocycles. The second-order valence-electron chi connectivity index (χ2n) is 9.14. The number of carboxylic acid groups (broad SMARTS) is 1. The van der Waals surface area contributed by atoms with Crippen LogP contribution in [0.3, 0.4) is 0 Å². The van der Waals surface area contributed by atoms with Crippen LogP contribution in [0.15, 0.2) is 74.3 Å². The highest BCUT2D eigenvalue weighted by Gasteiger charge is 2.36. The Kier molecular flexibility index (Phi) is 5.51. The number of phenolic OH excluding ortho intramolecular Hbond substituents is 3. The lowest BCUT2D eigenvalue weighted by molar-refractivity contribution is -0.135. The Bertz CT molecular complexity index is 1930. The van der Waals surface area contributed by atoms with E-state index in [4.69, 9.17) is 13.6 Å². The van der Waals surface area contributed by atoms with Gasteiger partial charge in [-0.1, -0.05) is 12.1 Å². The SMILES string of the molecule is O=C1C[C@@H](c2ccc(-c3cccc(C(=O)O)c3)o2)c2c(cc(O)c3c(=O)c(O)c(-c4ccc(O)c(O)c4)oc23)O1. The summed E-state index contributed by atoms with van der Waals surface area (Å²) in [6, 6.07) is 13.9. The van der Waals surface area contributed by atoms with E-state index in [1.165, 1.54) is 18.2 Å². The smallest absolute Gasteiger partial charge is 0.335 e. The van der Waals surface area contributed by atoms with Crippen molar-refractivity contribution in [3.05, 3.63) is 87.8 Å². The molecule has 0 aliphatic carbocycles. The van der Waals surface area contributed by atoms with E-state index in [0.717, 1.165) is 18.2 Å².